The number of anilines is 1. The second kappa shape index (κ2) is 11.8. The van der Waals surface area contributed by atoms with Crippen LogP contribution in [0.15, 0.2) is 42.5 Å². The summed E-state index contributed by atoms with van der Waals surface area (Å²) in [5.74, 6) is 5.07. The van der Waals surface area contributed by atoms with Gasteiger partial charge in [-0.05, 0) is 116 Å². The van der Waals surface area contributed by atoms with Gasteiger partial charge in [-0.2, -0.15) is 0 Å². The molecule has 0 radical (unpaired) electrons. The predicted octanol–water partition coefficient (Wildman–Crippen LogP) is 8.88. The van der Waals surface area contributed by atoms with E-state index in [-0.39, 0.29) is 23.2 Å². The minimum absolute atomic E-state index is 0.179. The van der Waals surface area contributed by atoms with Crippen molar-refractivity contribution in [1.82, 2.24) is 4.90 Å². The van der Waals surface area contributed by atoms with E-state index in [1.807, 2.05) is 4.90 Å². The van der Waals surface area contributed by atoms with Gasteiger partial charge in [0.1, 0.15) is 13.8 Å². The van der Waals surface area contributed by atoms with E-state index in [0.29, 0.717) is 6.42 Å². The minimum Gasteiger partial charge on any atom is -0.406 e. The lowest BCUT2D eigenvalue weighted by molar-refractivity contribution is -0.274. The van der Waals surface area contributed by atoms with E-state index in [1.54, 1.807) is 6.07 Å². The maximum absolute atomic E-state index is 13.9. The second-order valence-corrected chi connectivity index (χ2v) is 19.7. The Morgan fingerprint density at radius 3 is 2.23 bits per heavy atom. The first-order chi connectivity index (χ1) is 20.8. The fraction of sp³-hybridized carbons (Fsp3) is 0.583. The van der Waals surface area contributed by atoms with E-state index in [4.69, 9.17) is 0 Å². The van der Waals surface area contributed by atoms with Crippen LogP contribution in [0.4, 0.5) is 18.9 Å². The quantitative estimate of drug-likeness (QED) is 0.248. The van der Waals surface area contributed by atoms with Crippen molar-refractivity contribution in [2.75, 3.05) is 5.32 Å². The first-order valence-corrected chi connectivity index (χ1v) is 19.9. The fourth-order valence-corrected chi connectivity index (χ4v) is 9.35. The van der Waals surface area contributed by atoms with Gasteiger partial charge in [-0.25, -0.2) is 0 Å². The van der Waals surface area contributed by atoms with Gasteiger partial charge in [0, 0.05) is 17.3 Å². The molecule has 4 saturated carbocycles. The highest BCUT2D eigenvalue weighted by atomic mass is 28.3. The minimum atomic E-state index is -4.77. The molecule has 0 unspecified atom stereocenters. The van der Waals surface area contributed by atoms with Gasteiger partial charge >= 0.3 is 6.36 Å². The zero-order valence-electron chi connectivity index (χ0n) is 26.4. The first kappa shape index (κ1) is 31.1. The van der Waals surface area contributed by atoms with Gasteiger partial charge in [-0.3, -0.25) is 4.79 Å². The fourth-order valence-electron chi connectivity index (χ4n) is 8.86. The second-order valence-electron chi connectivity index (χ2n) is 15.0. The number of amides is 1. The number of carbonyl (C=O) groups is 1. The number of hydrogen-bond acceptors (Lipinski definition) is 3. The molecule has 44 heavy (non-hydrogen) atoms. The van der Waals surface area contributed by atoms with E-state index in [1.165, 1.54) is 50.7 Å². The van der Waals surface area contributed by atoms with Crippen molar-refractivity contribution in [2.45, 2.75) is 115 Å². The average Bonchev–Trinajstić information content (AvgIpc) is 2.92. The standard InChI is InChI=1S/C36H45F3N2O2Si/c1-5-6-7-30-19-28-20-31(43-36(37,38)39)12-13-32(28)34(41(30)33(42)14-15-44(2,3)4)27-8-10-29(11-9-27)40-35-21-24-16-25(22-35)18-26(17-24)23-35/h8-13,20,24-26,30,34,40H,5-7,16-19,21-23H2,1-4H3/t24?,25?,26?,30-,34-,35?/m0/s1. The number of unbranched alkanes of at least 4 members (excludes halogenated alkanes) is 1. The Balaban J connectivity index is 1.36. The molecule has 0 saturated heterocycles. The van der Waals surface area contributed by atoms with Crippen LogP contribution in [0.1, 0.15) is 87.4 Å². The SMILES string of the molecule is CCCC[C@H]1Cc2cc(OC(F)(F)F)ccc2[C@H](c2ccc(NC34CC5CC(CC(C5)C3)C4)cc2)N1C(=O)C#C[Si](C)(C)C. The van der Waals surface area contributed by atoms with Gasteiger partial charge in [0.15, 0.2) is 0 Å². The Hall–Kier alpha value is -2.92. The van der Waals surface area contributed by atoms with E-state index in [0.717, 1.165) is 59.4 Å². The number of fused-ring (bicyclic) bond motifs is 1. The van der Waals surface area contributed by atoms with Crippen molar-refractivity contribution in [3.05, 3.63) is 59.2 Å². The van der Waals surface area contributed by atoms with E-state index in [9.17, 15) is 18.0 Å². The molecule has 1 amide bonds. The zero-order valence-corrected chi connectivity index (χ0v) is 27.4. The Morgan fingerprint density at radius 2 is 1.66 bits per heavy atom. The molecule has 7 rings (SSSR count). The van der Waals surface area contributed by atoms with Crippen LogP contribution < -0.4 is 10.1 Å². The van der Waals surface area contributed by atoms with Crippen LogP contribution in [-0.2, 0) is 11.2 Å². The number of carbonyl (C=O) groups excluding carboxylic acids is 1. The molecule has 2 atom stereocenters. The molecule has 2 aromatic rings. The summed E-state index contributed by atoms with van der Waals surface area (Å²) in [7, 11) is -1.82. The number of nitrogens with zero attached hydrogens (tertiary/aromatic N) is 1. The molecule has 4 nitrogen and oxygen atoms in total. The third-order valence-corrected chi connectivity index (χ3v) is 11.0. The van der Waals surface area contributed by atoms with E-state index >= 15 is 0 Å². The topological polar surface area (TPSA) is 41.6 Å². The number of rotatable bonds is 7. The lowest BCUT2D eigenvalue weighted by Gasteiger charge is -2.57. The van der Waals surface area contributed by atoms with Crippen molar-refractivity contribution in [1.29, 1.82) is 0 Å². The molecule has 2 aromatic carbocycles. The van der Waals surface area contributed by atoms with Crippen LogP contribution in [0.3, 0.4) is 0 Å². The normalized spacial score (nSPS) is 29.1. The Bertz CT molecular complexity index is 1400. The predicted molar refractivity (Wildman–Crippen MR) is 171 cm³/mol. The number of halogens is 3. The molecular weight excluding hydrogens is 577 g/mol. The summed E-state index contributed by atoms with van der Waals surface area (Å²) >= 11 is 0. The van der Waals surface area contributed by atoms with E-state index < -0.39 is 20.5 Å². The molecule has 0 aromatic heterocycles. The summed E-state index contributed by atoms with van der Waals surface area (Å²) in [4.78, 5) is 15.9. The van der Waals surface area contributed by atoms with Gasteiger partial charge in [-0.1, -0.05) is 57.6 Å². The molecule has 0 spiro atoms. The first-order valence-electron chi connectivity index (χ1n) is 16.4. The van der Waals surface area contributed by atoms with Crippen molar-refractivity contribution in [3.63, 3.8) is 0 Å². The highest BCUT2D eigenvalue weighted by Gasteiger charge is 2.51. The van der Waals surface area contributed by atoms with Crippen molar-refractivity contribution >= 4 is 19.7 Å². The Morgan fingerprint density at radius 1 is 1.02 bits per heavy atom. The van der Waals surface area contributed by atoms with E-state index in [2.05, 4.69) is 72.3 Å². The smallest absolute Gasteiger partial charge is 0.406 e. The van der Waals surface area contributed by atoms with Crippen LogP contribution >= 0.6 is 0 Å². The molecule has 1 aliphatic heterocycles. The van der Waals surface area contributed by atoms with Crippen molar-refractivity contribution in [3.8, 4) is 17.2 Å². The van der Waals surface area contributed by atoms with Gasteiger partial charge in [0.2, 0.25) is 0 Å². The van der Waals surface area contributed by atoms with Gasteiger partial charge < -0.3 is 15.0 Å². The molecule has 8 heteroatoms. The Labute approximate surface area is 261 Å². The lowest BCUT2D eigenvalue weighted by Crippen LogP contribution is -2.54. The molecule has 4 aliphatic carbocycles. The van der Waals surface area contributed by atoms with Crippen molar-refractivity contribution < 1.29 is 22.7 Å². The molecule has 4 fully saturated rings. The average molecular weight is 623 g/mol. The summed E-state index contributed by atoms with van der Waals surface area (Å²) < 4.78 is 43.7. The molecule has 1 N–H and O–H groups in total. The van der Waals surface area contributed by atoms with Crippen LogP contribution in [-0.4, -0.2) is 36.8 Å². The highest BCUT2D eigenvalue weighted by molar-refractivity contribution is 6.84. The molecular formula is C36H45F3N2O2Si. The third kappa shape index (κ3) is 6.83. The van der Waals surface area contributed by atoms with Gasteiger partial charge in [0.25, 0.3) is 5.91 Å². The number of hydrogen-bond donors (Lipinski definition) is 1. The number of alkyl halides is 3. The van der Waals surface area contributed by atoms with Gasteiger partial charge in [0.05, 0.1) is 6.04 Å². The molecule has 1 heterocycles. The highest BCUT2D eigenvalue weighted by Crippen LogP contribution is 2.56. The van der Waals surface area contributed by atoms with Crippen LogP contribution in [0.2, 0.25) is 19.6 Å². The molecule has 4 bridgehead atoms. The summed E-state index contributed by atoms with van der Waals surface area (Å²) in [6, 6.07) is 12.4. The number of ether oxygens (including phenoxy) is 1. The summed E-state index contributed by atoms with van der Waals surface area (Å²) in [5, 5.41) is 3.95. The Kier molecular flexibility index (Phi) is 8.32. The maximum Gasteiger partial charge on any atom is 0.573 e. The monoisotopic (exact) mass is 622 g/mol. The molecule has 5 aliphatic rings. The van der Waals surface area contributed by atoms with Crippen LogP contribution in [0.5, 0.6) is 5.75 Å². The summed E-state index contributed by atoms with van der Waals surface area (Å²) in [6.45, 7) is 8.45. The lowest BCUT2D eigenvalue weighted by atomic mass is 9.53. The number of benzene rings is 2. The molecule has 236 valence electrons. The van der Waals surface area contributed by atoms with Crippen LogP contribution in [0.25, 0.3) is 0 Å². The third-order valence-electron chi connectivity index (χ3n) is 10.1. The van der Waals surface area contributed by atoms with Gasteiger partial charge in [-0.15, -0.1) is 18.7 Å². The van der Waals surface area contributed by atoms with Crippen LogP contribution in [0, 0.1) is 29.2 Å². The summed E-state index contributed by atoms with van der Waals surface area (Å²) in [5.41, 5.74) is 7.09. The van der Waals surface area contributed by atoms with Crippen molar-refractivity contribution in [2.24, 2.45) is 17.8 Å². The largest absolute Gasteiger partial charge is 0.573 e. The zero-order chi connectivity index (χ0) is 31.3. The number of nitrogens with one attached hydrogen (secondary N) is 1. The maximum atomic E-state index is 13.9. The summed E-state index contributed by atoms with van der Waals surface area (Å²) in [6.07, 6.45) is 6.22.